The molecule has 1 heteroatoms. The Morgan fingerprint density at radius 2 is 1.87 bits per heavy atom. The van der Waals surface area contributed by atoms with Gasteiger partial charge in [0.1, 0.15) is 0 Å². The van der Waals surface area contributed by atoms with Crippen molar-refractivity contribution in [1.82, 2.24) is 0 Å². The lowest BCUT2D eigenvalue weighted by molar-refractivity contribution is 0.283. The third-order valence-corrected chi connectivity index (χ3v) is 2.68. The van der Waals surface area contributed by atoms with Gasteiger partial charge in [-0.05, 0) is 16.3 Å². The SMILES string of the molecule is C=C[C@H](CO)c1ccc2ccccc2c1. The Kier molecular flexibility index (Phi) is 2.84. The molecule has 0 saturated carbocycles. The number of aliphatic hydroxyl groups is 1. The number of fused-ring (bicyclic) bond motifs is 1. The van der Waals surface area contributed by atoms with Gasteiger partial charge in [-0.3, -0.25) is 0 Å². The van der Waals surface area contributed by atoms with Gasteiger partial charge >= 0.3 is 0 Å². The highest BCUT2D eigenvalue weighted by atomic mass is 16.3. The van der Waals surface area contributed by atoms with Gasteiger partial charge in [0.15, 0.2) is 0 Å². The third kappa shape index (κ3) is 1.92. The van der Waals surface area contributed by atoms with Crippen LogP contribution in [0.15, 0.2) is 55.1 Å². The number of hydrogen-bond acceptors (Lipinski definition) is 1. The molecule has 15 heavy (non-hydrogen) atoms. The number of rotatable bonds is 3. The zero-order chi connectivity index (χ0) is 10.7. The second-order valence-electron chi connectivity index (χ2n) is 3.63. The van der Waals surface area contributed by atoms with E-state index < -0.39 is 0 Å². The Labute approximate surface area is 89.7 Å². The van der Waals surface area contributed by atoms with Gasteiger partial charge in [0, 0.05) is 5.92 Å². The van der Waals surface area contributed by atoms with E-state index in [1.807, 2.05) is 18.2 Å². The van der Waals surface area contributed by atoms with Gasteiger partial charge in [0.2, 0.25) is 0 Å². The first kappa shape index (κ1) is 9.94. The van der Waals surface area contributed by atoms with Crippen molar-refractivity contribution < 1.29 is 5.11 Å². The van der Waals surface area contributed by atoms with E-state index in [1.54, 1.807) is 6.08 Å². The lowest BCUT2D eigenvalue weighted by Gasteiger charge is -2.10. The quantitative estimate of drug-likeness (QED) is 0.751. The predicted molar refractivity (Wildman–Crippen MR) is 64.0 cm³/mol. The molecule has 1 N–H and O–H groups in total. The molecule has 76 valence electrons. The van der Waals surface area contributed by atoms with Gasteiger partial charge in [-0.2, -0.15) is 0 Å². The van der Waals surface area contributed by atoms with Crippen LogP contribution in [0.1, 0.15) is 11.5 Å². The normalized spacial score (nSPS) is 12.6. The molecule has 0 heterocycles. The van der Waals surface area contributed by atoms with E-state index in [4.69, 9.17) is 0 Å². The second-order valence-corrected chi connectivity index (χ2v) is 3.63. The van der Waals surface area contributed by atoms with Crippen LogP contribution in [-0.2, 0) is 0 Å². The number of aliphatic hydroxyl groups excluding tert-OH is 1. The van der Waals surface area contributed by atoms with Crippen LogP contribution in [0.4, 0.5) is 0 Å². The summed E-state index contributed by atoms with van der Waals surface area (Å²) in [6.07, 6.45) is 1.78. The molecule has 2 aromatic carbocycles. The fraction of sp³-hybridized carbons (Fsp3) is 0.143. The summed E-state index contributed by atoms with van der Waals surface area (Å²) in [5.74, 6) is 0.0367. The highest BCUT2D eigenvalue weighted by Gasteiger charge is 2.05. The van der Waals surface area contributed by atoms with Gasteiger partial charge in [-0.1, -0.05) is 48.5 Å². The smallest absolute Gasteiger partial charge is 0.0534 e. The van der Waals surface area contributed by atoms with Gasteiger partial charge < -0.3 is 5.11 Å². The number of benzene rings is 2. The van der Waals surface area contributed by atoms with Crippen LogP contribution in [-0.4, -0.2) is 11.7 Å². The Hall–Kier alpha value is -1.60. The maximum atomic E-state index is 9.18. The van der Waals surface area contributed by atoms with Crippen LogP contribution in [0.2, 0.25) is 0 Å². The summed E-state index contributed by atoms with van der Waals surface area (Å²) in [6, 6.07) is 14.4. The molecule has 0 aliphatic rings. The standard InChI is InChI=1S/C14H14O/c1-2-11(10-15)14-8-7-12-5-3-4-6-13(12)9-14/h2-9,11,15H,1,10H2/t11-/m1/s1. The van der Waals surface area contributed by atoms with Crippen LogP contribution in [0, 0.1) is 0 Å². The lowest BCUT2D eigenvalue weighted by atomic mass is 9.97. The largest absolute Gasteiger partial charge is 0.395 e. The molecular weight excluding hydrogens is 184 g/mol. The summed E-state index contributed by atoms with van der Waals surface area (Å²) in [6.45, 7) is 3.84. The monoisotopic (exact) mass is 198 g/mol. The van der Waals surface area contributed by atoms with Crippen LogP contribution in [0.5, 0.6) is 0 Å². The van der Waals surface area contributed by atoms with Gasteiger partial charge in [-0.25, -0.2) is 0 Å². The topological polar surface area (TPSA) is 20.2 Å². The van der Waals surface area contributed by atoms with Crippen LogP contribution in [0.3, 0.4) is 0 Å². The second kappa shape index (κ2) is 4.28. The van der Waals surface area contributed by atoms with Crippen LogP contribution >= 0.6 is 0 Å². The molecular formula is C14H14O. The molecule has 0 aliphatic carbocycles. The van der Waals surface area contributed by atoms with E-state index >= 15 is 0 Å². The van der Waals surface area contributed by atoms with Crippen molar-refractivity contribution in [1.29, 1.82) is 0 Å². The molecule has 2 aromatic rings. The first-order valence-corrected chi connectivity index (χ1v) is 5.07. The van der Waals surface area contributed by atoms with E-state index in [-0.39, 0.29) is 12.5 Å². The molecule has 0 bridgehead atoms. The molecule has 0 fully saturated rings. The maximum absolute atomic E-state index is 9.18. The molecule has 0 saturated heterocycles. The fourth-order valence-corrected chi connectivity index (χ4v) is 1.75. The lowest BCUT2D eigenvalue weighted by Crippen LogP contribution is -1.99. The van der Waals surface area contributed by atoms with E-state index in [0.717, 1.165) is 5.56 Å². The molecule has 0 unspecified atom stereocenters. The van der Waals surface area contributed by atoms with Crippen molar-refractivity contribution in [2.24, 2.45) is 0 Å². The molecule has 1 atom stereocenters. The minimum absolute atomic E-state index is 0.0367. The van der Waals surface area contributed by atoms with Gasteiger partial charge in [0.05, 0.1) is 6.61 Å². The van der Waals surface area contributed by atoms with E-state index in [1.165, 1.54) is 10.8 Å². The first-order valence-electron chi connectivity index (χ1n) is 5.07. The van der Waals surface area contributed by atoms with Crippen molar-refractivity contribution in [3.63, 3.8) is 0 Å². The molecule has 0 radical (unpaired) electrons. The van der Waals surface area contributed by atoms with Crippen molar-refractivity contribution in [2.75, 3.05) is 6.61 Å². The highest BCUT2D eigenvalue weighted by molar-refractivity contribution is 5.83. The Bertz CT molecular complexity index is 473. The average molecular weight is 198 g/mol. The average Bonchev–Trinajstić information content (AvgIpc) is 2.30. The summed E-state index contributed by atoms with van der Waals surface area (Å²) in [5.41, 5.74) is 1.12. The van der Waals surface area contributed by atoms with Crippen LogP contribution < -0.4 is 0 Å². The van der Waals surface area contributed by atoms with Gasteiger partial charge in [-0.15, -0.1) is 6.58 Å². The van der Waals surface area contributed by atoms with Crippen molar-refractivity contribution in [3.05, 3.63) is 60.7 Å². The Balaban J connectivity index is 2.50. The summed E-state index contributed by atoms with van der Waals surface area (Å²) in [5, 5.41) is 11.6. The van der Waals surface area contributed by atoms with Crippen molar-refractivity contribution >= 4 is 10.8 Å². The number of hydrogen-bond donors (Lipinski definition) is 1. The molecule has 0 aromatic heterocycles. The maximum Gasteiger partial charge on any atom is 0.0534 e. The summed E-state index contributed by atoms with van der Waals surface area (Å²) < 4.78 is 0. The highest BCUT2D eigenvalue weighted by Crippen LogP contribution is 2.22. The van der Waals surface area contributed by atoms with Gasteiger partial charge in [0.25, 0.3) is 0 Å². The Morgan fingerprint density at radius 3 is 2.53 bits per heavy atom. The fourth-order valence-electron chi connectivity index (χ4n) is 1.75. The van der Waals surface area contributed by atoms with E-state index in [0.29, 0.717) is 0 Å². The zero-order valence-corrected chi connectivity index (χ0v) is 8.56. The summed E-state index contributed by atoms with van der Waals surface area (Å²) in [4.78, 5) is 0. The molecule has 2 rings (SSSR count). The zero-order valence-electron chi connectivity index (χ0n) is 8.56. The minimum Gasteiger partial charge on any atom is -0.395 e. The van der Waals surface area contributed by atoms with Crippen LogP contribution in [0.25, 0.3) is 10.8 Å². The molecule has 0 aliphatic heterocycles. The predicted octanol–water partition coefficient (Wildman–Crippen LogP) is 3.10. The minimum atomic E-state index is 0.0367. The Morgan fingerprint density at radius 1 is 1.13 bits per heavy atom. The summed E-state index contributed by atoms with van der Waals surface area (Å²) in [7, 11) is 0. The molecule has 0 amide bonds. The van der Waals surface area contributed by atoms with Crippen molar-refractivity contribution in [2.45, 2.75) is 5.92 Å². The van der Waals surface area contributed by atoms with Crippen molar-refractivity contribution in [3.8, 4) is 0 Å². The van der Waals surface area contributed by atoms with E-state index in [2.05, 4.69) is 30.8 Å². The summed E-state index contributed by atoms with van der Waals surface area (Å²) >= 11 is 0. The third-order valence-electron chi connectivity index (χ3n) is 2.68. The first-order chi connectivity index (χ1) is 7.35. The van der Waals surface area contributed by atoms with E-state index in [9.17, 15) is 5.11 Å². The molecule has 0 spiro atoms. The molecule has 1 nitrogen and oxygen atoms in total.